The van der Waals surface area contributed by atoms with E-state index < -0.39 is 0 Å². The van der Waals surface area contributed by atoms with E-state index in [2.05, 4.69) is 22.4 Å². The summed E-state index contributed by atoms with van der Waals surface area (Å²) in [5, 5.41) is 0. The maximum Gasteiger partial charge on any atom is 1.00 e. The van der Waals surface area contributed by atoms with Gasteiger partial charge in [-0.15, -0.1) is 0 Å². The molecule has 0 atom stereocenters. The van der Waals surface area contributed by atoms with Crippen molar-refractivity contribution in [2.75, 3.05) is 0 Å². The van der Waals surface area contributed by atoms with Crippen LogP contribution in [-0.4, -0.2) is 0 Å². The topological polar surface area (TPSA) is 0 Å². The Kier molecular flexibility index (Phi) is 20.2. The molecule has 0 N–H and O–H groups in total. The van der Waals surface area contributed by atoms with Crippen LogP contribution in [0, 0.1) is 0 Å². The molecule has 0 aromatic carbocycles. The van der Waals surface area contributed by atoms with E-state index in [0.717, 1.165) is 8.88 Å². The second kappa shape index (κ2) is 8.82. The zero-order valence-electron chi connectivity index (χ0n) is 2.22. The maximum absolute atomic E-state index is 4.12. The molecule has 18 valence electrons. The van der Waals surface area contributed by atoms with Gasteiger partial charge in [-0.2, -0.15) is 0 Å². The summed E-state index contributed by atoms with van der Waals surface area (Å²) in [7, 11) is 0.917. The van der Waals surface area contributed by atoms with Crippen molar-refractivity contribution in [2.45, 2.75) is 0 Å². The maximum atomic E-state index is 4.12. The molecule has 4 heavy (non-hydrogen) atoms. The van der Waals surface area contributed by atoms with Crippen LogP contribution in [0.1, 0.15) is 0 Å². The standard InChI is InChI=1S/Na.S3/c;1-3-2/q+1;. The zero-order chi connectivity index (χ0) is 2.71. The quantitative estimate of drug-likeness (QED) is 0.312. The fourth-order valence-corrected chi connectivity index (χ4v) is 0. The van der Waals surface area contributed by atoms with Gasteiger partial charge >= 0.3 is 29.6 Å². The van der Waals surface area contributed by atoms with Crippen molar-refractivity contribution in [2.24, 2.45) is 0 Å². The Bertz CT molecular complexity index is 24.3. The van der Waals surface area contributed by atoms with Crippen molar-refractivity contribution in [1.82, 2.24) is 0 Å². The van der Waals surface area contributed by atoms with Gasteiger partial charge in [0.25, 0.3) is 0 Å². The van der Waals surface area contributed by atoms with Crippen molar-refractivity contribution in [3.05, 3.63) is 0 Å². The van der Waals surface area contributed by atoms with E-state index in [1.54, 1.807) is 0 Å². The Hall–Kier alpha value is 1.66. The summed E-state index contributed by atoms with van der Waals surface area (Å²) in [6.07, 6.45) is 0. The van der Waals surface area contributed by atoms with Crippen LogP contribution in [0.25, 0.3) is 0 Å². The van der Waals surface area contributed by atoms with Gasteiger partial charge in [-0.05, 0) is 0 Å². The fraction of sp³-hybridized carbons (Fsp3) is 0. The van der Waals surface area contributed by atoms with Gasteiger partial charge in [-0.25, -0.2) is 0 Å². The molecule has 0 radical (unpaired) electrons. The van der Waals surface area contributed by atoms with Crippen molar-refractivity contribution >= 4 is 31.3 Å². The van der Waals surface area contributed by atoms with Crippen molar-refractivity contribution in [3.63, 3.8) is 0 Å². The molecule has 0 aromatic rings. The molecular formula is NaS3+. The molecule has 0 fully saturated rings. The van der Waals surface area contributed by atoms with Crippen molar-refractivity contribution in [1.29, 1.82) is 0 Å². The molecule has 0 aromatic heterocycles. The van der Waals surface area contributed by atoms with Crippen LogP contribution in [0.4, 0.5) is 0 Å². The minimum Gasteiger partial charge on any atom is 0 e. The SMILES string of the molecule is S=S=S.[Na+]. The molecule has 0 unspecified atom stereocenters. The van der Waals surface area contributed by atoms with Gasteiger partial charge in [-0.1, -0.05) is 0 Å². The third-order valence-electron chi connectivity index (χ3n) is 0. The van der Waals surface area contributed by atoms with Crippen LogP contribution < -0.4 is 29.6 Å². The fourth-order valence-electron chi connectivity index (χ4n) is 0. The summed E-state index contributed by atoms with van der Waals surface area (Å²) in [4.78, 5) is 0. The van der Waals surface area contributed by atoms with Crippen LogP contribution in [0.3, 0.4) is 0 Å². The van der Waals surface area contributed by atoms with Gasteiger partial charge < -0.3 is 0 Å². The van der Waals surface area contributed by atoms with Gasteiger partial charge in [0.1, 0.15) is 0 Å². The predicted octanol–water partition coefficient (Wildman–Crippen LogP) is -3.00. The number of hydrogen-bond acceptors (Lipinski definition) is 2. The first kappa shape index (κ1) is 9.18. The van der Waals surface area contributed by atoms with Crippen LogP contribution in [0.2, 0.25) is 0 Å². The second-order valence-electron chi connectivity index (χ2n) is 0.0680. The smallest absolute Gasteiger partial charge is 0 e. The minimum absolute atomic E-state index is 0. The average Bonchev–Trinajstić information content (AvgIpc) is 0.918. The number of hydrogen-bond donors (Lipinski definition) is 0. The van der Waals surface area contributed by atoms with E-state index in [9.17, 15) is 0 Å². The Morgan fingerprint density at radius 2 is 1.25 bits per heavy atom. The van der Waals surface area contributed by atoms with Gasteiger partial charge in [-0.3, -0.25) is 0 Å². The first-order valence-corrected chi connectivity index (χ1v) is 3.00. The van der Waals surface area contributed by atoms with Gasteiger partial charge in [0, 0.05) is 31.3 Å². The van der Waals surface area contributed by atoms with E-state index in [-0.39, 0.29) is 29.6 Å². The van der Waals surface area contributed by atoms with E-state index in [0.29, 0.717) is 0 Å². The summed E-state index contributed by atoms with van der Waals surface area (Å²) in [5.41, 5.74) is 0. The number of rotatable bonds is 0. The van der Waals surface area contributed by atoms with E-state index in [1.807, 2.05) is 0 Å². The molecule has 4 heteroatoms. The largest absolute Gasteiger partial charge is 1.00 e. The van der Waals surface area contributed by atoms with E-state index >= 15 is 0 Å². The Labute approximate surface area is 60.1 Å². The summed E-state index contributed by atoms with van der Waals surface area (Å²) in [6.45, 7) is 0. The molecule has 0 spiro atoms. The molecule has 0 amide bonds. The summed E-state index contributed by atoms with van der Waals surface area (Å²) in [5.74, 6) is 0. The average molecular weight is 119 g/mol. The Morgan fingerprint density at radius 3 is 1.25 bits per heavy atom. The van der Waals surface area contributed by atoms with Crippen molar-refractivity contribution in [3.8, 4) is 0 Å². The molecule has 0 nitrogen and oxygen atoms in total. The third-order valence-corrected chi connectivity index (χ3v) is 0. The molecule has 0 saturated heterocycles. The Morgan fingerprint density at radius 1 is 1.25 bits per heavy atom. The molecule has 0 heterocycles. The summed E-state index contributed by atoms with van der Waals surface area (Å²) < 4.78 is 0. The summed E-state index contributed by atoms with van der Waals surface area (Å²) >= 11 is 8.25. The second-order valence-corrected chi connectivity index (χ2v) is 1.84. The van der Waals surface area contributed by atoms with Gasteiger partial charge in [0.2, 0.25) is 0 Å². The monoisotopic (exact) mass is 119 g/mol. The zero-order valence-corrected chi connectivity index (χ0v) is 6.67. The minimum atomic E-state index is 0. The predicted molar refractivity (Wildman–Crippen MR) is 22.1 cm³/mol. The summed E-state index contributed by atoms with van der Waals surface area (Å²) in [6, 6.07) is 0. The van der Waals surface area contributed by atoms with Crippen LogP contribution >= 0.6 is 0 Å². The van der Waals surface area contributed by atoms with Crippen LogP contribution in [0.15, 0.2) is 0 Å². The molecule has 0 rings (SSSR count). The first-order valence-electron chi connectivity index (χ1n) is 0.333. The normalized spacial score (nSPS) is 3.00. The van der Waals surface area contributed by atoms with E-state index in [1.165, 1.54) is 0 Å². The molecule has 0 aliphatic rings. The third kappa shape index (κ3) is 9.40. The molecule has 0 bridgehead atoms. The van der Waals surface area contributed by atoms with Gasteiger partial charge in [0.05, 0.1) is 0 Å². The molecule has 0 aliphatic heterocycles. The molecular weight excluding hydrogens is 119 g/mol. The van der Waals surface area contributed by atoms with E-state index in [4.69, 9.17) is 0 Å². The van der Waals surface area contributed by atoms with Crippen molar-refractivity contribution < 1.29 is 29.6 Å². The van der Waals surface area contributed by atoms with Crippen LogP contribution in [0.5, 0.6) is 0 Å². The van der Waals surface area contributed by atoms with Crippen LogP contribution in [-0.2, 0) is 31.3 Å². The van der Waals surface area contributed by atoms with Gasteiger partial charge in [0.15, 0.2) is 0 Å². The first-order chi connectivity index (χ1) is 1.41. The Balaban J connectivity index is 0. The molecule has 0 aliphatic carbocycles. The molecule has 0 saturated carbocycles.